The number of carbonyl (C=O) groups excluding carboxylic acids is 1. The fourth-order valence-electron chi connectivity index (χ4n) is 2.07. The number of hydrogen-bond donors (Lipinski definition) is 3. The van der Waals surface area contributed by atoms with Crippen LogP contribution in [0.3, 0.4) is 0 Å². The number of carbonyl (C=O) groups is 1. The Morgan fingerprint density at radius 3 is 2.61 bits per heavy atom. The zero-order valence-electron chi connectivity index (χ0n) is 13.2. The Bertz CT molecular complexity index is 645. The lowest BCUT2D eigenvalue weighted by Crippen LogP contribution is -2.28. The van der Waals surface area contributed by atoms with Crippen molar-refractivity contribution in [1.82, 2.24) is 10.0 Å². The number of rotatable bonds is 8. The van der Waals surface area contributed by atoms with Crippen molar-refractivity contribution < 1.29 is 13.2 Å². The first-order chi connectivity index (χ1) is 10.4. The maximum absolute atomic E-state index is 12.2. The fourth-order valence-corrected chi connectivity index (χ4v) is 3.40. The van der Waals surface area contributed by atoms with Gasteiger partial charge in [-0.1, -0.05) is 6.07 Å². The van der Waals surface area contributed by atoms with E-state index in [-0.39, 0.29) is 29.3 Å². The molecule has 6 nitrogen and oxygen atoms in total. The summed E-state index contributed by atoms with van der Waals surface area (Å²) in [5.41, 5.74) is 6.55. The van der Waals surface area contributed by atoms with Gasteiger partial charge in [-0.3, -0.25) is 4.79 Å². The Hall–Kier alpha value is -1.15. The van der Waals surface area contributed by atoms with E-state index in [2.05, 4.69) is 10.0 Å². The van der Waals surface area contributed by atoms with E-state index < -0.39 is 10.0 Å². The predicted molar refractivity (Wildman–Crippen MR) is 92.4 cm³/mol. The van der Waals surface area contributed by atoms with Gasteiger partial charge in [0.1, 0.15) is 0 Å². The van der Waals surface area contributed by atoms with Gasteiger partial charge in [0.25, 0.3) is 5.91 Å². The van der Waals surface area contributed by atoms with E-state index >= 15 is 0 Å². The summed E-state index contributed by atoms with van der Waals surface area (Å²) in [6.07, 6.45) is 3.40. The van der Waals surface area contributed by atoms with E-state index in [9.17, 15) is 13.2 Å². The zero-order chi connectivity index (χ0) is 16.2. The molecule has 0 heterocycles. The van der Waals surface area contributed by atoms with E-state index in [0.717, 1.165) is 31.2 Å². The first-order valence-corrected chi connectivity index (χ1v) is 9.03. The van der Waals surface area contributed by atoms with Crippen LogP contribution in [0.2, 0.25) is 0 Å². The minimum Gasteiger partial charge on any atom is -0.352 e. The maximum atomic E-state index is 12.2. The monoisotopic (exact) mass is 361 g/mol. The van der Waals surface area contributed by atoms with Crippen molar-refractivity contribution in [1.29, 1.82) is 0 Å². The van der Waals surface area contributed by atoms with Gasteiger partial charge in [-0.15, -0.1) is 12.4 Å². The molecule has 2 rings (SSSR count). The first-order valence-electron chi connectivity index (χ1n) is 7.55. The van der Waals surface area contributed by atoms with E-state index in [1.807, 2.05) is 0 Å². The number of halogens is 1. The summed E-state index contributed by atoms with van der Waals surface area (Å²) in [5, 5.41) is 2.80. The molecule has 8 heteroatoms. The Morgan fingerprint density at radius 1 is 1.30 bits per heavy atom. The standard InChI is InChI=1S/C15H23N3O3S.ClH/c1-11-4-7-13(22(20,21)18-12-5-6-12)10-14(11)15(19)17-9-3-2-8-16;/h4,7,10,12,18H,2-3,5-6,8-9,16H2,1H3,(H,17,19);1H. The summed E-state index contributed by atoms with van der Waals surface area (Å²) in [6, 6.07) is 4.68. The SMILES string of the molecule is Cc1ccc(S(=O)(=O)NC2CC2)cc1C(=O)NCCCCN.Cl. The molecule has 1 saturated carbocycles. The van der Waals surface area contributed by atoms with Gasteiger partial charge in [-0.2, -0.15) is 0 Å². The van der Waals surface area contributed by atoms with Crippen LogP contribution in [-0.2, 0) is 10.0 Å². The number of hydrogen-bond acceptors (Lipinski definition) is 4. The number of benzene rings is 1. The molecule has 0 aromatic heterocycles. The van der Waals surface area contributed by atoms with E-state index in [1.54, 1.807) is 13.0 Å². The molecule has 0 spiro atoms. The van der Waals surface area contributed by atoms with Crippen LogP contribution in [0.15, 0.2) is 23.1 Å². The van der Waals surface area contributed by atoms with Crippen LogP contribution in [-0.4, -0.2) is 33.5 Å². The molecule has 130 valence electrons. The summed E-state index contributed by atoms with van der Waals surface area (Å²) in [5.74, 6) is -0.252. The number of amides is 1. The van der Waals surface area contributed by atoms with Gasteiger partial charge in [0.05, 0.1) is 4.90 Å². The Morgan fingerprint density at radius 2 is 2.00 bits per heavy atom. The largest absolute Gasteiger partial charge is 0.352 e. The number of unbranched alkanes of at least 4 members (excludes halogenated alkanes) is 1. The van der Waals surface area contributed by atoms with Gasteiger partial charge in [-0.05, 0) is 56.8 Å². The highest BCUT2D eigenvalue weighted by Gasteiger charge is 2.28. The number of nitrogens with one attached hydrogen (secondary N) is 2. The van der Waals surface area contributed by atoms with Crippen molar-refractivity contribution in [3.8, 4) is 0 Å². The lowest BCUT2D eigenvalue weighted by atomic mass is 10.1. The molecular formula is C15H24ClN3O3S. The van der Waals surface area contributed by atoms with Crippen LogP contribution in [0.4, 0.5) is 0 Å². The summed E-state index contributed by atoms with van der Waals surface area (Å²) < 4.78 is 27.0. The molecule has 0 unspecified atom stereocenters. The molecule has 1 amide bonds. The molecule has 0 aliphatic heterocycles. The number of aryl methyl sites for hydroxylation is 1. The molecule has 0 atom stereocenters. The Kier molecular flexibility index (Phi) is 7.47. The molecule has 0 radical (unpaired) electrons. The number of sulfonamides is 1. The van der Waals surface area contributed by atoms with E-state index in [4.69, 9.17) is 5.73 Å². The van der Waals surface area contributed by atoms with Crippen LogP contribution < -0.4 is 15.8 Å². The summed E-state index contributed by atoms with van der Waals surface area (Å²) in [7, 11) is -3.55. The molecule has 1 aromatic rings. The minimum absolute atomic E-state index is 0. The molecule has 1 aliphatic rings. The summed E-state index contributed by atoms with van der Waals surface area (Å²) in [6.45, 7) is 2.92. The molecule has 23 heavy (non-hydrogen) atoms. The molecular weight excluding hydrogens is 338 g/mol. The quantitative estimate of drug-likeness (QED) is 0.608. The van der Waals surface area contributed by atoms with Crippen molar-refractivity contribution in [3.63, 3.8) is 0 Å². The van der Waals surface area contributed by atoms with Crippen LogP contribution in [0.25, 0.3) is 0 Å². The smallest absolute Gasteiger partial charge is 0.251 e. The average molecular weight is 362 g/mol. The van der Waals surface area contributed by atoms with Gasteiger partial charge >= 0.3 is 0 Å². The molecule has 4 N–H and O–H groups in total. The minimum atomic E-state index is -3.55. The lowest BCUT2D eigenvalue weighted by molar-refractivity contribution is 0.0952. The van der Waals surface area contributed by atoms with Gasteiger partial charge in [0.2, 0.25) is 10.0 Å². The third-order valence-electron chi connectivity index (χ3n) is 3.58. The summed E-state index contributed by atoms with van der Waals surface area (Å²) >= 11 is 0. The highest BCUT2D eigenvalue weighted by Crippen LogP contribution is 2.23. The van der Waals surface area contributed by atoms with E-state index in [0.29, 0.717) is 18.7 Å². The predicted octanol–water partition coefficient (Wildman–Crippen LogP) is 1.33. The molecule has 1 fully saturated rings. The van der Waals surface area contributed by atoms with Gasteiger partial charge in [-0.25, -0.2) is 13.1 Å². The second-order valence-corrected chi connectivity index (χ2v) is 7.34. The molecule has 0 saturated heterocycles. The van der Waals surface area contributed by atoms with Gasteiger partial charge in [0.15, 0.2) is 0 Å². The average Bonchev–Trinajstić information content (AvgIpc) is 3.27. The van der Waals surface area contributed by atoms with Crippen molar-refractivity contribution in [3.05, 3.63) is 29.3 Å². The highest BCUT2D eigenvalue weighted by molar-refractivity contribution is 7.89. The molecule has 1 aliphatic carbocycles. The Labute approximate surface area is 143 Å². The maximum Gasteiger partial charge on any atom is 0.251 e. The number of nitrogens with two attached hydrogens (primary N) is 1. The van der Waals surface area contributed by atoms with Crippen LogP contribution in [0.5, 0.6) is 0 Å². The Balaban J connectivity index is 0.00000264. The van der Waals surface area contributed by atoms with E-state index in [1.165, 1.54) is 12.1 Å². The van der Waals surface area contributed by atoms with Crippen molar-refractivity contribution in [2.45, 2.75) is 43.5 Å². The second kappa shape index (κ2) is 8.63. The third kappa shape index (κ3) is 5.76. The van der Waals surface area contributed by atoms with Crippen molar-refractivity contribution in [2.24, 2.45) is 5.73 Å². The second-order valence-electron chi connectivity index (χ2n) is 5.62. The molecule has 1 aromatic carbocycles. The van der Waals surface area contributed by atoms with Gasteiger partial charge in [0, 0.05) is 18.2 Å². The third-order valence-corrected chi connectivity index (χ3v) is 5.10. The van der Waals surface area contributed by atoms with Gasteiger partial charge < -0.3 is 11.1 Å². The fraction of sp³-hybridized carbons (Fsp3) is 0.533. The van der Waals surface area contributed by atoms with Crippen LogP contribution in [0, 0.1) is 6.92 Å². The topological polar surface area (TPSA) is 101 Å². The van der Waals surface area contributed by atoms with Crippen LogP contribution in [0.1, 0.15) is 41.6 Å². The normalized spacial score (nSPS) is 14.2. The van der Waals surface area contributed by atoms with Crippen molar-refractivity contribution in [2.75, 3.05) is 13.1 Å². The zero-order valence-corrected chi connectivity index (χ0v) is 14.8. The van der Waals surface area contributed by atoms with Crippen molar-refractivity contribution >= 4 is 28.3 Å². The first kappa shape index (κ1) is 19.9. The lowest BCUT2D eigenvalue weighted by Gasteiger charge is -2.11. The van der Waals surface area contributed by atoms with Crippen LogP contribution >= 0.6 is 12.4 Å². The highest BCUT2D eigenvalue weighted by atomic mass is 35.5. The summed E-state index contributed by atoms with van der Waals surface area (Å²) in [4.78, 5) is 12.3. The molecule has 0 bridgehead atoms.